The number of alkyl halides is 3. The molecule has 0 aliphatic rings. The van der Waals surface area contributed by atoms with Crippen LogP contribution in [-0.2, 0) is 6.18 Å². The van der Waals surface area contributed by atoms with Gasteiger partial charge in [0.05, 0.1) is 5.69 Å². The van der Waals surface area contributed by atoms with E-state index >= 15 is 0 Å². The second-order valence-corrected chi connectivity index (χ2v) is 3.42. The van der Waals surface area contributed by atoms with Crippen LogP contribution < -0.4 is 5.73 Å². The summed E-state index contributed by atoms with van der Waals surface area (Å²) >= 11 is 0. The molecule has 3 N–H and O–H groups in total. The molecule has 0 aromatic carbocycles. The summed E-state index contributed by atoms with van der Waals surface area (Å²) < 4.78 is 37.0. The maximum atomic E-state index is 12.3. The maximum Gasteiger partial charge on any atom is 0.432 e. The predicted octanol–water partition coefficient (Wildman–Crippen LogP) is 1.78. The molecule has 0 spiro atoms. The standard InChI is InChI=1S/C9H8F3N5/c1-4-2-5(15-8(13)14-4)6-3-7(17-16-6)9(10,11)12/h2-3H,1H3,(H,16,17)(H2,13,14,15). The summed E-state index contributed by atoms with van der Waals surface area (Å²) in [6.07, 6.45) is -4.46. The summed E-state index contributed by atoms with van der Waals surface area (Å²) in [5.41, 5.74) is 5.37. The normalized spacial score (nSPS) is 11.8. The van der Waals surface area contributed by atoms with Gasteiger partial charge in [0.15, 0.2) is 0 Å². The van der Waals surface area contributed by atoms with E-state index in [9.17, 15) is 13.2 Å². The van der Waals surface area contributed by atoms with Gasteiger partial charge < -0.3 is 5.73 Å². The largest absolute Gasteiger partial charge is 0.432 e. The van der Waals surface area contributed by atoms with Gasteiger partial charge in [-0.15, -0.1) is 0 Å². The number of nitrogens with one attached hydrogen (secondary N) is 1. The molecule has 0 amide bonds. The van der Waals surface area contributed by atoms with Gasteiger partial charge in [-0.1, -0.05) is 0 Å². The topological polar surface area (TPSA) is 80.5 Å². The second-order valence-electron chi connectivity index (χ2n) is 3.42. The molecule has 2 aromatic rings. The minimum absolute atomic E-state index is 0.00319. The molecule has 0 atom stereocenters. The average Bonchev–Trinajstić information content (AvgIpc) is 2.63. The molecule has 2 aromatic heterocycles. The number of nitrogens with two attached hydrogens (primary N) is 1. The number of nitrogen functional groups attached to an aromatic ring is 1. The van der Waals surface area contributed by atoms with Gasteiger partial charge in [-0.25, -0.2) is 9.97 Å². The first-order chi connectivity index (χ1) is 7.86. The summed E-state index contributed by atoms with van der Waals surface area (Å²) in [5, 5.41) is 5.45. The van der Waals surface area contributed by atoms with Crippen molar-refractivity contribution in [1.29, 1.82) is 0 Å². The zero-order valence-electron chi connectivity index (χ0n) is 8.71. The Labute approximate surface area is 93.9 Å². The SMILES string of the molecule is Cc1cc(-c2cc(C(F)(F)F)[nH]n2)nc(N)n1. The summed E-state index contributed by atoms with van der Waals surface area (Å²) in [4.78, 5) is 7.64. The summed E-state index contributed by atoms with van der Waals surface area (Å²) in [6.45, 7) is 1.67. The highest BCUT2D eigenvalue weighted by atomic mass is 19.4. The average molecular weight is 243 g/mol. The van der Waals surface area contributed by atoms with Gasteiger partial charge >= 0.3 is 6.18 Å². The Morgan fingerprint density at radius 2 is 1.88 bits per heavy atom. The second kappa shape index (κ2) is 3.72. The number of hydrogen-bond donors (Lipinski definition) is 2. The van der Waals surface area contributed by atoms with Gasteiger partial charge in [0, 0.05) is 5.69 Å². The van der Waals surface area contributed by atoms with E-state index in [1.54, 1.807) is 6.92 Å². The molecule has 0 bridgehead atoms. The van der Waals surface area contributed by atoms with Crippen LogP contribution in [0.3, 0.4) is 0 Å². The van der Waals surface area contributed by atoms with Crippen molar-refractivity contribution in [1.82, 2.24) is 20.2 Å². The molecule has 2 heterocycles. The lowest BCUT2D eigenvalue weighted by atomic mass is 10.2. The van der Waals surface area contributed by atoms with Crippen molar-refractivity contribution in [2.45, 2.75) is 13.1 Å². The van der Waals surface area contributed by atoms with Crippen molar-refractivity contribution in [2.24, 2.45) is 0 Å². The van der Waals surface area contributed by atoms with Crippen LogP contribution in [0.2, 0.25) is 0 Å². The van der Waals surface area contributed by atoms with Gasteiger partial charge in [-0.3, -0.25) is 5.10 Å². The van der Waals surface area contributed by atoms with E-state index in [1.165, 1.54) is 6.07 Å². The van der Waals surface area contributed by atoms with Gasteiger partial charge in [0.2, 0.25) is 5.95 Å². The molecule has 90 valence electrons. The zero-order chi connectivity index (χ0) is 12.6. The van der Waals surface area contributed by atoms with Crippen molar-refractivity contribution >= 4 is 5.95 Å². The number of aryl methyl sites for hydroxylation is 1. The van der Waals surface area contributed by atoms with E-state index in [-0.39, 0.29) is 17.3 Å². The van der Waals surface area contributed by atoms with Gasteiger partial charge in [-0.05, 0) is 19.1 Å². The summed E-state index contributed by atoms with van der Waals surface area (Å²) in [7, 11) is 0. The Morgan fingerprint density at radius 1 is 1.18 bits per heavy atom. The number of rotatable bonds is 1. The highest BCUT2D eigenvalue weighted by molar-refractivity contribution is 5.56. The molecule has 0 unspecified atom stereocenters. The van der Waals surface area contributed by atoms with Crippen LogP contribution in [0.1, 0.15) is 11.4 Å². The molecule has 0 radical (unpaired) electrons. The molecule has 2 rings (SSSR count). The number of halogens is 3. The first kappa shape index (κ1) is 11.4. The molecule has 8 heteroatoms. The minimum atomic E-state index is -4.46. The Kier molecular flexibility index (Phi) is 2.49. The molecule has 0 fully saturated rings. The van der Waals surface area contributed by atoms with Crippen molar-refractivity contribution < 1.29 is 13.2 Å². The third-order valence-corrected chi connectivity index (χ3v) is 2.02. The molecule has 17 heavy (non-hydrogen) atoms. The Balaban J connectivity index is 2.44. The first-order valence-electron chi connectivity index (χ1n) is 4.60. The maximum absolute atomic E-state index is 12.3. The van der Waals surface area contributed by atoms with Crippen LogP contribution in [0, 0.1) is 6.92 Å². The third-order valence-electron chi connectivity index (χ3n) is 2.02. The molecular weight excluding hydrogens is 235 g/mol. The van der Waals surface area contributed by atoms with Crippen molar-refractivity contribution in [3.05, 3.63) is 23.5 Å². The lowest BCUT2D eigenvalue weighted by molar-refractivity contribution is -0.141. The number of nitrogens with zero attached hydrogens (tertiary/aromatic N) is 3. The van der Waals surface area contributed by atoms with Crippen LogP contribution >= 0.6 is 0 Å². The molecule has 0 aliphatic carbocycles. The smallest absolute Gasteiger partial charge is 0.368 e. The van der Waals surface area contributed by atoms with Crippen LogP contribution in [0.25, 0.3) is 11.4 Å². The molecule has 0 saturated carbocycles. The van der Waals surface area contributed by atoms with Gasteiger partial charge in [0.1, 0.15) is 11.4 Å². The molecular formula is C9H8F3N5. The van der Waals surface area contributed by atoms with E-state index in [0.717, 1.165) is 6.07 Å². The molecule has 5 nitrogen and oxygen atoms in total. The fourth-order valence-electron chi connectivity index (χ4n) is 1.32. The van der Waals surface area contributed by atoms with Gasteiger partial charge in [-0.2, -0.15) is 18.3 Å². The van der Waals surface area contributed by atoms with E-state index < -0.39 is 11.9 Å². The van der Waals surface area contributed by atoms with E-state index in [4.69, 9.17) is 5.73 Å². The fourth-order valence-corrected chi connectivity index (χ4v) is 1.32. The summed E-state index contributed by atoms with van der Waals surface area (Å²) in [5.74, 6) is -0.00319. The van der Waals surface area contributed by atoms with Crippen LogP contribution in [-0.4, -0.2) is 20.2 Å². The Hall–Kier alpha value is -2.12. The lowest BCUT2D eigenvalue weighted by Crippen LogP contribution is -2.04. The Bertz CT molecular complexity index is 526. The van der Waals surface area contributed by atoms with E-state index in [2.05, 4.69) is 15.1 Å². The van der Waals surface area contributed by atoms with Crippen molar-refractivity contribution in [3.63, 3.8) is 0 Å². The van der Waals surface area contributed by atoms with Crippen LogP contribution in [0.15, 0.2) is 12.1 Å². The van der Waals surface area contributed by atoms with Crippen LogP contribution in [0.4, 0.5) is 19.1 Å². The zero-order valence-corrected chi connectivity index (χ0v) is 8.71. The highest BCUT2D eigenvalue weighted by Crippen LogP contribution is 2.29. The number of aromatic amines is 1. The lowest BCUT2D eigenvalue weighted by Gasteiger charge is -2.00. The summed E-state index contributed by atoms with van der Waals surface area (Å²) in [6, 6.07) is 2.38. The van der Waals surface area contributed by atoms with Gasteiger partial charge in [0.25, 0.3) is 0 Å². The van der Waals surface area contributed by atoms with Crippen molar-refractivity contribution in [2.75, 3.05) is 5.73 Å². The number of anilines is 1. The number of hydrogen-bond acceptors (Lipinski definition) is 4. The Morgan fingerprint density at radius 3 is 2.41 bits per heavy atom. The number of H-pyrrole nitrogens is 1. The third kappa shape index (κ3) is 2.35. The minimum Gasteiger partial charge on any atom is -0.368 e. The van der Waals surface area contributed by atoms with Crippen LogP contribution in [0.5, 0.6) is 0 Å². The monoisotopic (exact) mass is 243 g/mol. The first-order valence-corrected chi connectivity index (χ1v) is 4.60. The van der Waals surface area contributed by atoms with Crippen molar-refractivity contribution in [3.8, 4) is 11.4 Å². The van der Waals surface area contributed by atoms with E-state index in [1.807, 2.05) is 5.10 Å². The predicted molar refractivity (Wildman–Crippen MR) is 53.8 cm³/mol. The molecule has 0 aliphatic heterocycles. The number of aromatic nitrogens is 4. The molecule has 0 saturated heterocycles. The highest BCUT2D eigenvalue weighted by Gasteiger charge is 2.33. The quantitative estimate of drug-likeness (QED) is 0.799. The fraction of sp³-hybridized carbons (Fsp3) is 0.222. The van der Waals surface area contributed by atoms with E-state index in [0.29, 0.717) is 5.69 Å².